The quantitative estimate of drug-likeness (QED) is 0.521. The summed E-state index contributed by atoms with van der Waals surface area (Å²) in [5.41, 5.74) is 1.99. The highest BCUT2D eigenvalue weighted by Crippen LogP contribution is 2.17. The molecule has 0 spiro atoms. The Kier molecular flexibility index (Phi) is 7.02. The lowest BCUT2D eigenvalue weighted by Crippen LogP contribution is -2.24. The highest BCUT2D eigenvalue weighted by molar-refractivity contribution is 9.10. The molecule has 0 bridgehead atoms. The Balaban J connectivity index is 1.60. The highest BCUT2D eigenvalue weighted by Gasteiger charge is 2.18. The van der Waals surface area contributed by atoms with Crippen molar-refractivity contribution in [1.82, 2.24) is 0 Å². The maximum atomic E-state index is 12.3. The lowest BCUT2D eigenvalue weighted by atomic mass is 10.2. The predicted molar refractivity (Wildman–Crippen MR) is 121 cm³/mol. The van der Waals surface area contributed by atoms with Gasteiger partial charge in [0.05, 0.1) is 5.75 Å². The van der Waals surface area contributed by atoms with E-state index in [1.54, 1.807) is 72.8 Å². The van der Waals surface area contributed by atoms with Gasteiger partial charge in [-0.25, -0.2) is 8.42 Å². The Hall–Kier alpha value is -2.97. The third-order valence-corrected chi connectivity index (χ3v) is 6.09. The minimum atomic E-state index is -3.63. The Morgan fingerprint density at radius 1 is 0.800 bits per heavy atom. The first-order valence-electron chi connectivity index (χ1n) is 9.02. The van der Waals surface area contributed by atoms with Crippen molar-refractivity contribution in [1.29, 1.82) is 0 Å². The number of halogens is 1. The van der Waals surface area contributed by atoms with Gasteiger partial charge in [-0.1, -0.05) is 52.3 Å². The molecule has 0 aromatic heterocycles. The van der Waals surface area contributed by atoms with Crippen LogP contribution in [0.2, 0.25) is 0 Å². The summed E-state index contributed by atoms with van der Waals surface area (Å²) in [6.07, 6.45) is 0. The number of carbonyl (C=O) groups is 2. The van der Waals surface area contributed by atoms with E-state index in [0.29, 0.717) is 22.5 Å². The molecule has 3 rings (SSSR count). The van der Waals surface area contributed by atoms with Crippen molar-refractivity contribution in [2.75, 3.05) is 16.4 Å². The second-order valence-corrected chi connectivity index (χ2v) is 9.59. The van der Waals surface area contributed by atoms with Crippen molar-refractivity contribution in [2.24, 2.45) is 0 Å². The number of anilines is 2. The second kappa shape index (κ2) is 9.69. The molecule has 0 heterocycles. The maximum Gasteiger partial charge on any atom is 0.255 e. The fourth-order valence-corrected chi connectivity index (χ4v) is 4.29. The van der Waals surface area contributed by atoms with E-state index >= 15 is 0 Å². The van der Waals surface area contributed by atoms with Crippen molar-refractivity contribution in [2.45, 2.75) is 5.75 Å². The lowest BCUT2D eigenvalue weighted by Gasteiger charge is -2.09. The third kappa shape index (κ3) is 6.53. The molecule has 0 aliphatic carbocycles. The van der Waals surface area contributed by atoms with Crippen LogP contribution in [0.3, 0.4) is 0 Å². The van der Waals surface area contributed by atoms with Gasteiger partial charge in [0.1, 0.15) is 5.75 Å². The van der Waals surface area contributed by atoms with E-state index in [-0.39, 0.29) is 11.7 Å². The van der Waals surface area contributed by atoms with Gasteiger partial charge in [-0.3, -0.25) is 9.59 Å². The van der Waals surface area contributed by atoms with Crippen molar-refractivity contribution in [3.05, 3.63) is 94.5 Å². The molecule has 3 aromatic carbocycles. The van der Waals surface area contributed by atoms with Gasteiger partial charge < -0.3 is 10.6 Å². The zero-order valence-electron chi connectivity index (χ0n) is 15.8. The van der Waals surface area contributed by atoms with Crippen LogP contribution < -0.4 is 10.6 Å². The maximum absolute atomic E-state index is 12.3. The van der Waals surface area contributed by atoms with Crippen LogP contribution in [-0.2, 0) is 20.4 Å². The summed E-state index contributed by atoms with van der Waals surface area (Å²) in [6.45, 7) is 0. The molecule has 0 fully saturated rings. The van der Waals surface area contributed by atoms with Crippen LogP contribution >= 0.6 is 15.9 Å². The summed E-state index contributed by atoms with van der Waals surface area (Å²) in [4.78, 5) is 24.5. The molecule has 30 heavy (non-hydrogen) atoms. The van der Waals surface area contributed by atoms with Gasteiger partial charge in [0.15, 0.2) is 9.84 Å². The fourth-order valence-electron chi connectivity index (χ4n) is 2.75. The smallest absolute Gasteiger partial charge is 0.255 e. The summed E-state index contributed by atoms with van der Waals surface area (Å²) >= 11 is 3.30. The van der Waals surface area contributed by atoms with Gasteiger partial charge in [0.25, 0.3) is 5.91 Å². The van der Waals surface area contributed by atoms with E-state index in [0.717, 1.165) is 4.47 Å². The Bertz CT molecular complexity index is 1150. The van der Waals surface area contributed by atoms with E-state index in [2.05, 4.69) is 26.6 Å². The van der Waals surface area contributed by atoms with Crippen LogP contribution in [0.4, 0.5) is 11.4 Å². The minimum Gasteiger partial charge on any atom is -0.325 e. The summed E-state index contributed by atoms with van der Waals surface area (Å²) in [7, 11) is -3.63. The zero-order chi connectivity index (χ0) is 21.6. The van der Waals surface area contributed by atoms with Crippen LogP contribution in [-0.4, -0.2) is 26.0 Å². The molecule has 0 atom stereocenters. The molecule has 0 aliphatic rings. The fraction of sp³-hybridized carbons (Fsp3) is 0.0909. The first-order valence-corrected chi connectivity index (χ1v) is 11.6. The van der Waals surface area contributed by atoms with E-state index in [1.807, 2.05) is 6.07 Å². The number of amides is 2. The first-order chi connectivity index (χ1) is 14.3. The molecule has 0 saturated heterocycles. The molecule has 0 saturated carbocycles. The van der Waals surface area contributed by atoms with Crippen molar-refractivity contribution in [3.63, 3.8) is 0 Å². The Morgan fingerprint density at radius 3 is 2.10 bits per heavy atom. The average molecular weight is 487 g/mol. The molecule has 3 aromatic rings. The molecule has 6 nitrogen and oxygen atoms in total. The number of benzene rings is 3. The van der Waals surface area contributed by atoms with Crippen LogP contribution in [0.25, 0.3) is 0 Å². The average Bonchev–Trinajstić information content (AvgIpc) is 2.70. The highest BCUT2D eigenvalue weighted by atomic mass is 79.9. The molecule has 154 valence electrons. The van der Waals surface area contributed by atoms with E-state index in [4.69, 9.17) is 0 Å². The van der Waals surface area contributed by atoms with Gasteiger partial charge in [-0.05, 0) is 48.0 Å². The molecule has 0 aliphatic heterocycles. The van der Waals surface area contributed by atoms with Crippen molar-refractivity contribution < 1.29 is 18.0 Å². The topological polar surface area (TPSA) is 92.3 Å². The zero-order valence-corrected chi connectivity index (χ0v) is 18.2. The largest absolute Gasteiger partial charge is 0.325 e. The molecule has 8 heteroatoms. The standard InChI is InChI=1S/C22H19BrN2O4S/c23-18-11-9-16(10-12-18)14-30(28,29)15-21(26)24-19-7-4-8-20(13-19)25-22(27)17-5-2-1-3-6-17/h1-13H,14-15H2,(H,24,26)(H,25,27). The van der Waals surface area contributed by atoms with Gasteiger partial charge in [0, 0.05) is 21.4 Å². The monoisotopic (exact) mass is 486 g/mol. The molecular formula is C22H19BrN2O4S. The molecular weight excluding hydrogens is 468 g/mol. The SMILES string of the molecule is O=C(CS(=O)(=O)Cc1ccc(Br)cc1)Nc1cccc(NC(=O)c2ccccc2)c1. The Morgan fingerprint density at radius 2 is 1.43 bits per heavy atom. The third-order valence-electron chi connectivity index (χ3n) is 4.09. The molecule has 2 amide bonds. The van der Waals surface area contributed by atoms with Crippen LogP contribution in [0.1, 0.15) is 15.9 Å². The lowest BCUT2D eigenvalue weighted by molar-refractivity contribution is -0.113. The second-order valence-electron chi connectivity index (χ2n) is 6.61. The van der Waals surface area contributed by atoms with Crippen molar-refractivity contribution >= 4 is 49.0 Å². The molecule has 2 N–H and O–H groups in total. The summed E-state index contributed by atoms with van der Waals surface area (Å²) in [5, 5.41) is 5.31. The van der Waals surface area contributed by atoms with Gasteiger partial charge in [0.2, 0.25) is 5.91 Å². The van der Waals surface area contributed by atoms with Crippen LogP contribution in [0, 0.1) is 0 Å². The Labute approximate surface area is 183 Å². The summed E-state index contributed by atoms with van der Waals surface area (Å²) in [5.74, 6) is -1.78. The summed E-state index contributed by atoms with van der Waals surface area (Å²) < 4.78 is 25.5. The first kappa shape index (κ1) is 21.7. The van der Waals surface area contributed by atoms with Gasteiger partial charge in [-0.2, -0.15) is 0 Å². The number of hydrogen-bond donors (Lipinski definition) is 2. The van der Waals surface area contributed by atoms with E-state index < -0.39 is 21.5 Å². The van der Waals surface area contributed by atoms with E-state index in [1.165, 1.54) is 0 Å². The van der Waals surface area contributed by atoms with Gasteiger partial charge in [-0.15, -0.1) is 0 Å². The van der Waals surface area contributed by atoms with Crippen LogP contribution in [0.15, 0.2) is 83.3 Å². The normalized spacial score (nSPS) is 11.0. The number of hydrogen-bond acceptors (Lipinski definition) is 4. The number of sulfone groups is 1. The number of carbonyl (C=O) groups excluding carboxylic acids is 2. The predicted octanol–water partition coefficient (Wildman–Crippen LogP) is 4.25. The van der Waals surface area contributed by atoms with Crippen LogP contribution in [0.5, 0.6) is 0 Å². The number of nitrogens with one attached hydrogen (secondary N) is 2. The summed E-state index contributed by atoms with van der Waals surface area (Å²) in [6, 6.07) is 22.1. The number of rotatable bonds is 7. The minimum absolute atomic E-state index is 0.221. The molecule has 0 unspecified atom stereocenters. The molecule has 0 radical (unpaired) electrons. The van der Waals surface area contributed by atoms with E-state index in [9.17, 15) is 18.0 Å². The van der Waals surface area contributed by atoms with Gasteiger partial charge >= 0.3 is 0 Å². The van der Waals surface area contributed by atoms with Crippen molar-refractivity contribution in [3.8, 4) is 0 Å².